The molecule has 0 aliphatic carbocycles. The van der Waals surface area contributed by atoms with E-state index in [0.29, 0.717) is 5.25 Å². The summed E-state index contributed by atoms with van der Waals surface area (Å²) in [5.41, 5.74) is 1.52. The van der Waals surface area contributed by atoms with Crippen LogP contribution in [-0.2, 0) is 0 Å². The van der Waals surface area contributed by atoms with Crippen molar-refractivity contribution in [1.82, 2.24) is 0 Å². The molecule has 1 unspecified atom stereocenters. The van der Waals surface area contributed by atoms with Gasteiger partial charge in [-0.15, -0.1) is 0 Å². The molecule has 1 atom stereocenters. The van der Waals surface area contributed by atoms with Crippen LogP contribution in [0.4, 0.5) is 0 Å². The zero-order valence-corrected chi connectivity index (χ0v) is 10.7. The van der Waals surface area contributed by atoms with Crippen molar-refractivity contribution in [1.29, 1.82) is 0 Å². The molecular weight excluding hydrogens is 232 g/mol. The van der Waals surface area contributed by atoms with E-state index in [0.717, 1.165) is 0 Å². The molecule has 2 aromatic carbocycles. The quantitative estimate of drug-likeness (QED) is 0.645. The average Bonchev–Trinajstić information content (AvgIpc) is 2.39. The summed E-state index contributed by atoms with van der Waals surface area (Å²) in [7, 11) is 4.07. The molecule has 1 heterocycles. The van der Waals surface area contributed by atoms with Gasteiger partial charge < -0.3 is 0 Å². The summed E-state index contributed by atoms with van der Waals surface area (Å²) in [5, 5.41) is 3.49. The molecule has 2 heteroatoms. The Labute approximate surface area is 104 Å². The second-order valence-corrected chi connectivity index (χ2v) is 6.81. The van der Waals surface area contributed by atoms with Gasteiger partial charge in [-0.05, 0) is 29.2 Å². The van der Waals surface area contributed by atoms with Crippen LogP contribution in [0.1, 0.15) is 23.7 Å². The highest BCUT2D eigenvalue weighted by atomic mass is 33.1. The fourth-order valence-corrected chi connectivity index (χ4v) is 5.10. The van der Waals surface area contributed by atoms with Gasteiger partial charge in [-0.25, -0.2) is 0 Å². The largest absolute Gasteiger partial charge is 0.0935 e. The van der Waals surface area contributed by atoms with Crippen molar-refractivity contribution in [3.63, 3.8) is 0 Å². The number of hydrogen-bond acceptors (Lipinski definition) is 2. The molecule has 0 radical (unpaired) electrons. The first-order valence-corrected chi connectivity index (χ1v) is 8.09. The van der Waals surface area contributed by atoms with Crippen LogP contribution in [0.15, 0.2) is 42.5 Å². The summed E-state index contributed by atoms with van der Waals surface area (Å²) >= 11 is 0. The normalized spacial score (nSPS) is 21.1. The van der Waals surface area contributed by atoms with Gasteiger partial charge in [0.05, 0.1) is 0 Å². The van der Waals surface area contributed by atoms with Crippen molar-refractivity contribution < 1.29 is 0 Å². The van der Waals surface area contributed by atoms with E-state index in [9.17, 15) is 0 Å². The average molecular weight is 246 g/mol. The van der Waals surface area contributed by atoms with Crippen molar-refractivity contribution in [3.8, 4) is 0 Å². The van der Waals surface area contributed by atoms with Gasteiger partial charge in [-0.1, -0.05) is 64.1 Å². The molecule has 0 nitrogen and oxygen atoms in total. The topological polar surface area (TPSA) is 0 Å². The number of hydrogen-bond donors (Lipinski definition) is 0. The molecule has 1 aliphatic heterocycles. The van der Waals surface area contributed by atoms with Crippen LogP contribution in [0, 0.1) is 0 Å². The van der Waals surface area contributed by atoms with Crippen LogP contribution in [0.2, 0.25) is 0 Å². The minimum Gasteiger partial charge on any atom is -0.0935 e. The van der Waals surface area contributed by atoms with E-state index in [2.05, 4.69) is 42.5 Å². The number of benzene rings is 2. The summed E-state index contributed by atoms with van der Waals surface area (Å²) in [6.45, 7) is 0. The van der Waals surface area contributed by atoms with Crippen LogP contribution in [0.5, 0.6) is 0 Å². The first kappa shape index (κ1) is 10.5. The predicted molar refractivity (Wildman–Crippen MR) is 76.0 cm³/mol. The fraction of sp³-hybridized carbons (Fsp3) is 0.286. The third-order valence-corrected chi connectivity index (χ3v) is 5.97. The molecule has 3 rings (SSSR count). The van der Waals surface area contributed by atoms with E-state index < -0.39 is 0 Å². The van der Waals surface area contributed by atoms with Crippen LogP contribution in [-0.4, -0.2) is 5.75 Å². The Kier molecular flexibility index (Phi) is 3.11. The summed E-state index contributed by atoms with van der Waals surface area (Å²) < 4.78 is 0. The Morgan fingerprint density at radius 3 is 2.75 bits per heavy atom. The Hall–Kier alpha value is -0.600. The molecule has 82 valence electrons. The van der Waals surface area contributed by atoms with E-state index in [-0.39, 0.29) is 0 Å². The van der Waals surface area contributed by atoms with E-state index in [1.165, 1.54) is 34.9 Å². The zero-order chi connectivity index (χ0) is 10.8. The van der Waals surface area contributed by atoms with E-state index in [1.54, 1.807) is 0 Å². The summed E-state index contributed by atoms with van der Waals surface area (Å²) in [5.74, 6) is 1.31. The molecule has 0 N–H and O–H groups in total. The van der Waals surface area contributed by atoms with E-state index in [1.807, 2.05) is 21.6 Å². The monoisotopic (exact) mass is 246 g/mol. The molecule has 0 bridgehead atoms. The van der Waals surface area contributed by atoms with Crippen molar-refractivity contribution in [2.24, 2.45) is 0 Å². The lowest BCUT2D eigenvalue weighted by atomic mass is 10.00. The highest BCUT2D eigenvalue weighted by Gasteiger charge is 2.18. The molecular formula is C14H14S2. The molecule has 0 aromatic heterocycles. The highest BCUT2D eigenvalue weighted by molar-refractivity contribution is 8.76. The fourth-order valence-electron chi connectivity index (χ4n) is 2.24. The number of rotatable bonds is 1. The molecule has 0 saturated carbocycles. The lowest BCUT2D eigenvalue weighted by Gasteiger charge is -2.22. The second-order valence-electron chi connectivity index (χ2n) is 4.12. The maximum atomic E-state index is 2.30. The van der Waals surface area contributed by atoms with Crippen LogP contribution in [0.3, 0.4) is 0 Å². The SMILES string of the molecule is c1ccc2c(C3CCCSS3)cccc2c1. The summed E-state index contributed by atoms with van der Waals surface area (Å²) in [6.07, 6.45) is 2.68. The smallest absolute Gasteiger partial charge is 0.0407 e. The van der Waals surface area contributed by atoms with E-state index in [4.69, 9.17) is 0 Å². The van der Waals surface area contributed by atoms with Gasteiger partial charge in [0.2, 0.25) is 0 Å². The molecule has 1 aliphatic rings. The Morgan fingerprint density at radius 1 is 1.00 bits per heavy atom. The van der Waals surface area contributed by atoms with Crippen molar-refractivity contribution in [2.75, 3.05) is 5.75 Å². The summed E-state index contributed by atoms with van der Waals surface area (Å²) in [4.78, 5) is 0. The molecule has 0 amide bonds. The van der Waals surface area contributed by atoms with Gasteiger partial charge >= 0.3 is 0 Å². The first-order valence-electron chi connectivity index (χ1n) is 5.71. The molecule has 1 fully saturated rings. The van der Waals surface area contributed by atoms with Crippen LogP contribution >= 0.6 is 21.6 Å². The Balaban J connectivity index is 2.08. The van der Waals surface area contributed by atoms with Gasteiger partial charge in [0.1, 0.15) is 0 Å². The molecule has 2 aromatic rings. The number of fused-ring (bicyclic) bond motifs is 1. The minimum absolute atomic E-state index is 0.685. The zero-order valence-electron chi connectivity index (χ0n) is 9.06. The van der Waals surface area contributed by atoms with Crippen molar-refractivity contribution in [2.45, 2.75) is 18.1 Å². The van der Waals surface area contributed by atoms with Gasteiger partial charge in [0.25, 0.3) is 0 Å². The third kappa shape index (κ3) is 1.96. The molecule has 1 saturated heterocycles. The van der Waals surface area contributed by atoms with Gasteiger partial charge in [0.15, 0.2) is 0 Å². The van der Waals surface area contributed by atoms with Crippen molar-refractivity contribution in [3.05, 3.63) is 48.0 Å². The van der Waals surface area contributed by atoms with Crippen LogP contribution in [0.25, 0.3) is 10.8 Å². The first-order chi connectivity index (χ1) is 7.95. The standard InChI is InChI=1S/C14H14S2/c1-2-7-12-11(5-1)6-3-8-13(12)14-9-4-10-15-16-14/h1-3,5-8,14H,4,9-10H2. The van der Waals surface area contributed by atoms with Gasteiger partial charge in [0, 0.05) is 11.0 Å². The maximum Gasteiger partial charge on any atom is 0.0407 e. The lowest BCUT2D eigenvalue weighted by molar-refractivity contribution is 0.788. The third-order valence-electron chi connectivity index (χ3n) is 3.05. The summed E-state index contributed by atoms with van der Waals surface area (Å²) in [6, 6.07) is 15.4. The maximum absolute atomic E-state index is 2.30. The second kappa shape index (κ2) is 4.72. The Morgan fingerprint density at radius 2 is 1.88 bits per heavy atom. The van der Waals surface area contributed by atoms with Gasteiger partial charge in [-0.3, -0.25) is 0 Å². The van der Waals surface area contributed by atoms with Crippen molar-refractivity contribution >= 4 is 32.4 Å². The lowest BCUT2D eigenvalue weighted by Crippen LogP contribution is -1.99. The molecule has 0 spiro atoms. The highest BCUT2D eigenvalue weighted by Crippen LogP contribution is 2.47. The van der Waals surface area contributed by atoms with Gasteiger partial charge in [-0.2, -0.15) is 0 Å². The van der Waals surface area contributed by atoms with Crippen LogP contribution < -0.4 is 0 Å². The van der Waals surface area contributed by atoms with E-state index >= 15 is 0 Å². The molecule has 16 heavy (non-hydrogen) atoms. The minimum atomic E-state index is 0.685. The predicted octanol–water partition coefficient (Wildman–Crippen LogP) is 5.06. The Bertz CT molecular complexity index is 482.